The minimum absolute atomic E-state index is 0.434. The van der Waals surface area contributed by atoms with Crippen LogP contribution in [-0.2, 0) is 0 Å². The molecule has 2 fully saturated rings. The van der Waals surface area contributed by atoms with Gasteiger partial charge in [-0.3, -0.25) is 4.90 Å². The second kappa shape index (κ2) is 5.16. The highest BCUT2D eigenvalue weighted by atomic mass is 15.2. The van der Waals surface area contributed by atoms with Gasteiger partial charge in [0.1, 0.15) is 0 Å². The van der Waals surface area contributed by atoms with Gasteiger partial charge in [0.25, 0.3) is 0 Å². The maximum atomic E-state index is 8.78. The molecular formula is C13H23N3. The van der Waals surface area contributed by atoms with Gasteiger partial charge in [0, 0.05) is 19.1 Å². The molecule has 1 spiro atoms. The first kappa shape index (κ1) is 11.9. The summed E-state index contributed by atoms with van der Waals surface area (Å²) < 4.78 is 0. The third-order valence-corrected chi connectivity index (χ3v) is 4.26. The highest BCUT2D eigenvalue weighted by molar-refractivity contribution is 4.93. The van der Waals surface area contributed by atoms with E-state index in [4.69, 9.17) is 5.26 Å². The Morgan fingerprint density at radius 3 is 2.94 bits per heavy atom. The average molecular weight is 221 g/mol. The number of rotatable bonds is 2. The Bertz CT molecular complexity index is 257. The summed E-state index contributed by atoms with van der Waals surface area (Å²) in [5, 5.41) is 12.3. The Hall–Kier alpha value is -0.590. The van der Waals surface area contributed by atoms with Crippen LogP contribution in [0.1, 0.15) is 39.0 Å². The van der Waals surface area contributed by atoms with E-state index in [9.17, 15) is 0 Å². The lowest BCUT2D eigenvalue weighted by Crippen LogP contribution is -2.53. The lowest BCUT2D eigenvalue weighted by atomic mass is 9.74. The molecule has 1 N–H and O–H groups in total. The van der Waals surface area contributed by atoms with Crippen molar-refractivity contribution in [3.05, 3.63) is 0 Å². The molecule has 0 saturated carbocycles. The molecule has 0 aromatic heterocycles. The van der Waals surface area contributed by atoms with Gasteiger partial charge in [-0.05, 0) is 51.1 Å². The quantitative estimate of drug-likeness (QED) is 0.772. The SMILES string of the molecule is CC(CC#N)N1CCCC2(CCCNC2)C1. The summed E-state index contributed by atoms with van der Waals surface area (Å²) in [5.41, 5.74) is 0.514. The molecule has 3 heteroatoms. The summed E-state index contributed by atoms with van der Waals surface area (Å²) in [7, 11) is 0. The number of hydrogen-bond acceptors (Lipinski definition) is 3. The first-order valence-electron chi connectivity index (χ1n) is 6.57. The number of nitrogens with one attached hydrogen (secondary N) is 1. The molecule has 90 valence electrons. The number of nitrogens with zero attached hydrogens (tertiary/aromatic N) is 2. The molecule has 0 bridgehead atoms. The molecule has 0 radical (unpaired) electrons. The first-order valence-corrected chi connectivity index (χ1v) is 6.57. The van der Waals surface area contributed by atoms with Crippen LogP contribution in [0.2, 0.25) is 0 Å². The first-order chi connectivity index (χ1) is 7.76. The van der Waals surface area contributed by atoms with E-state index < -0.39 is 0 Å². The molecule has 2 aliphatic rings. The van der Waals surface area contributed by atoms with Gasteiger partial charge >= 0.3 is 0 Å². The van der Waals surface area contributed by atoms with Gasteiger partial charge in [0.2, 0.25) is 0 Å². The third kappa shape index (κ3) is 2.56. The molecule has 2 rings (SSSR count). The van der Waals surface area contributed by atoms with Crippen molar-refractivity contribution in [1.82, 2.24) is 10.2 Å². The van der Waals surface area contributed by atoms with Gasteiger partial charge < -0.3 is 5.32 Å². The van der Waals surface area contributed by atoms with Gasteiger partial charge in [-0.25, -0.2) is 0 Å². The van der Waals surface area contributed by atoms with Crippen LogP contribution in [0.15, 0.2) is 0 Å². The van der Waals surface area contributed by atoms with Crippen LogP contribution in [0.25, 0.3) is 0 Å². The summed E-state index contributed by atoms with van der Waals surface area (Å²) in [5.74, 6) is 0. The average Bonchev–Trinajstić information content (AvgIpc) is 2.30. The van der Waals surface area contributed by atoms with E-state index in [0.29, 0.717) is 17.9 Å². The maximum Gasteiger partial charge on any atom is 0.0638 e. The molecule has 16 heavy (non-hydrogen) atoms. The van der Waals surface area contributed by atoms with Crippen LogP contribution in [0, 0.1) is 16.7 Å². The fraction of sp³-hybridized carbons (Fsp3) is 0.923. The topological polar surface area (TPSA) is 39.1 Å². The Balaban J connectivity index is 1.95. The van der Waals surface area contributed by atoms with Crippen molar-refractivity contribution >= 4 is 0 Å². The Kier molecular flexibility index (Phi) is 3.83. The Morgan fingerprint density at radius 2 is 2.25 bits per heavy atom. The largest absolute Gasteiger partial charge is 0.316 e. The summed E-state index contributed by atoms with van der Waals surface area (Å²) >= 11 is 0. The maximum absolute atomic E-state index is 8.78. The molecular weight excluding hydrogens is 198 g/mol. The Morgan fingerprint density at radius 1 is 1.44 bits per heavy atom. The van der Waals surface area contributed by atoms with Crippen LogP contribution in [-0.4, -0.2) is 37.1 Å². The molecule has 0 amide bonds. The van der Waals surface area contributed by atoms with Gasteiger partial charge in [0.05, 0.1) is 12.5 Å². The van der Waals surface area contributed by atoms with E-state index in [0.717, 1.165) is 0 Å². The number of hydrogen-bond donors (Lipinski definition) is 1. The van der Waals surface area contributed by atoms with E-state index in [-0.39, 0.29) is 0 Å². The van der Waals surface area contributed by atoms with Crippen molar-refractivity contribution in [2.45, 2.75) is 45.1 Å². The molecule has 2 unspecified atom stereocenters. The zero-order valence-corrected chi connectivity index (χ0v) is 10.3. The van der Waals surface area contributed by atoms with E-state index in [1.54, 1.807) is 0 Å². The monoisotopic (exact) mass is 221 g/mol. The normalized spacial score (nSPS) is 33.5. The van der Waals surface area contributed by atoms with Crippen LogP contribution in [0.4, 0.5) is 0 Å². The zero-order valence-electron chi connectivity index (χ0n) is 10.3. The predicted molar refractivity (Wildman–Crippen MR) is 65.0 cm³/mol. The molecule has 3 nitrogen and oxygen atoms in total. The summed E-state index contributed by atoms with van der Waals surface area (Å²) in [4.78, 5) is 2.53. The molecule has 0 aliphatic carbocycles. The second-order valence-corrected chi connectivity index (χ2v) is 5.57. The molecule has 2 aliphatic heterocycles. The van der Waals surface area contributed by atoms with Crippen LogP contribution in [0.3, 0.4) is 0 Å². The fourth-order valence-corrected chi connectivity index (χ4v) is 3.26. The molecule has 0 aromatic carbocycles. The highest BCUT2D eigenvalue weighted by Gasteiger charge is 2.37. The van der Waals surface area contributed by atoms with Crippen molar-refractivity contribution in [3.8, 4) is 6.07 Å². The molecule has 2 saturated heterocycles. The van der Waals surface area contributed by atoms with Crippen molar-refractivity contribution in [2.24, 2.45) is 5.41 Å². The third-order valence-electron chi connectivity index (χ3n) is 4.26. The van der Waals surface area contributed by atoms with Crippen molar-refractivity contribution in [1.29, 1.82) is 5.26 Å². The minimum Gasteiger partial charge on any atom is -0.316 e. The van der Waals surface area contributed by atoms with Crippen LogP contribution < -0.4 is 5.32 Å². The summed E-state index contributed by atoms with van der Waals surface area (Å²) in [6.45, 7) is 6.95. The summed E-state index contributed by atoms with van der Waals surface area (Å²) in [6.07, 6.45) is 6.03. The van der Waals surface area contributed by atoms with Crippen LogP contribution in [0.5, 0.6) is 0 Å². The lowest BCUT2D eigenvalue weighted by molar-refractivity contribution is 0.0431. The Labute approximate surface area is 98.8 Å². The molecule has 0 aromatic rings. The van der Waals surface area contributed by atoms with Crippen molar-refractivity contribution in [2.75, 3.05) is 26.2 Å². The van der Waals surface area contributed by atoms with E-state index in [1.807, 2.05) is 0 Å². The second-order valence-electron chi connectivity index (χ2n) is 5.57. The fourth-order valence-electron chi connectivity index (χ4n) is 3.26. The van der Waals surface area contributed by atoms with E-state index in [2.05, 4.69) is 23.2 Å². The minimum atomic E-state index is 0.434. The number of likely N-dealkylation sites (tertiary alicyclic amines) is 1. The van der Waals surface area contributed by atoms with E-state index >= 15 is 0 Å². The predicted octanol–water partition coefficient (Wildman–Crippen LogP) is 1.75. The van der Waals surface area contributed by atoms with Gasteiger partial charge in [-0.15, -0.1) is 0 Å². The van der Waals surface area contributed by atoms with Gasteiger partial charge in [-0.2, -0.15) is 5.26 Å². The number of piperidine rings is 2. The van der Waals surface area contributed by atoms with Gasteiger partial charge in [-0.1, -0.05) is 0 Å². The molecule has 2 atom stereocenters. The lowest BCUT2D eigenvalue weighted by Gasteiger charge is -2.47. The van der Waals surface area contributed by atoms with Crippen molar-refractivity contribution < 1.29 is 0 Å². The number of nitriles is 1. The zero-order chi connectivity index (χ0) is 11.4. The van der Waals surface area contributed by atoms with Gasteiger partial charge in [0.15, 0.2) is 0 Å². The van der Waals surface area contributed by atoms with Crippen molar-refractivity contribution in [3.63, 3.8) is 0 Å². The standard InChI is InChI=1S/C13H23N3/c1-12(4-7-14)16-9-3-6-13(11-16)5-2-8-15-10-13/h12,15H,2-6,8-11H2,1H3. The van der Waals surface area contributed by atoms with E-state index in [1.165, 1.54) is 51.9 Å². The molecule has 2 heterocycles. The van der Waals surface area contributed by atoms with Crippen LogP contribution >= 0.6 is 0 Å². The highest BCUT2D eigenvalue weighted by Crippen LogP contribution is 2.36. The summed E-state index contributed by atoms with van der Waals surface area (Å²) in [6, 6.07) is 2.73. The smallest absolute Gasteiger partial charge is 0.0638 e.